The maximum absolute atomic E-state index is 10.4. The molecular weight excluding hydrogens is 134 g/mol. The van der Waals surface area contributed by atoms with Crippen LogP contribution < -0.4 is 0 Å². The van der Waals surface area contributed by atoms with E-state index in [0.29, 0.717) is 0 Å². The van der Waals surface area contributed by atoms with Gasteiger partial charge in [0, 0.05) is 14.0 Å². The monoisotopic (exact) mass is 145 g/mol. The van der Waals surface area contributed by atoms with E-state index in [2.05, 4.69) is 10.3 Å². The summed E-state index contributed by atoms with van der Waals surface area (Å²) in [4.78, 5) is 10.4. The largest absolute Gasteiger partial charge is 0.394 e. The van der Waals surface area contributed by atoms with Gasteiger partial charge in [-0.1, -0.05) is 5.22 Å². The second-order valence-corrected chi connectivity index (χ2v) is 1.72. The minimum Gasteiger partial charge on any atom is -0.394 e. The minimum atomic E-state index is -0.179. The average molecular weight is 145 g/mol. The lowest BCUT2D eigenvalue weighted by Gasteiger charge is -2.03. The molecule has 0 unspecified atom stereocenters. The fourth-order valence-electron chi connectivity index (χ4n) is 0.247. The van der Waals surface area contributed by atoms with Gasteiger partial charge in [-0.15, -0.1) is 0 Å². The van der Waals surface area contributed by atoms with Gasteiger partial charge < -0.3 is 5.11 Å². The van der Waals surface area contributed by atoms with E-state index < -0.39 is 0 Å². The number of nitrogens with zero attached hydrogens (tertiary/aromatic N) is 3. The molecule has 0 aliphatic heterocycles. The Morgan fingerprint density at radius 2 is 2.30 bits per heavy atom. The van der Waals surface area contributed by atoms with Crippen molar-refractivity contribution in [3.8, 4) is 0 Å². The van der Waals surface area contributed by atoms with E-state index in [1.807, 2.05) is 0 Å². The van der Waals surface area contributed by atoms with Crippen LogP contribution in [-0.2, 0) is 4.79 Å². The van der Waals surface area contributed by atoms with E-state index in [-0.39, 0.29) is 19.1 Å². The van der Waals surface area contributed by atoms with Crippen LogP contribution in [0.2, 0.25) is 0 Å². The maximum Gasteiger partial charge on any atom is 0.240 e. The fraction of sp³-hybridized carbons (Fsp3) is 0.800. The molecule has 0 bridgehead atoms. The zero-order valence-corrected chi connectivity index (χ0v) is 6.11. The van der Waals surface area contributed by atoms with Crippen LogP contribution >= 0.6 is 0 Å². The molecule has 0 rings (SSSR count). The summed E-state index contributed by atoms with van der Waals surface area (Å²) in [6, 6.07) is 0. The Hall–Kier alpha value is -0.970. The third kappa shape index (κ3) is 3.96. The molecule has 5 heteroatoms. The van der Waals surface area contributed by atoms with Crippen LogP contribution in [0.5, 0.6) is 0 Å². The Bertz CT molecular complexity index is 135. The molecule has 5 nitrogen and oxygen atoms in total. The molecule has 0 aliphatic carbocycles. The molecule has 0 spiro atoms. The maximum atomic E-state index is 10.4. The van der Waals surface area contributed by atoms with Gasteiger partial charge in [-0.05, 0) is 0 Å². The zero-order valence-electron chi connectivity index (χ0n) is 6.11. The van der Waals surface area contributed by atoms with Gasteiger partial charge in [-0.2, -0.15) is 5.11 Å². The van der Waals surface area contributed by atoms with E-state index in [0.717, 1.165) is 5.01 Å². The summed E-state index contributed by atoms with van der Waals surface area (Å²) in [7, 11) is 1.50. The number of aliphatic hydroxyl groups is 1. The Morgan fingerprint density at radius 1 is 1.70 bits per heavy atom. The first-order valence-electron chi connectivity index (χ1n) is 2.91. The van der Waals surface area contributed by atoms with E-state index >= 15 is 0 Å². The van der Waals surface area contributed by atoms with Gasteiger partial charge in [0.15, 0.2) is 0 Å². The number of hydrogen-bond donors (Lipinski definition) is 1. The molecule has 0 aromatic carbocycles. The van der Waals surface area contributed by atoms with Gasteiger partial charge in [0.05, 0.1) is 13.2 Å². The molecule has 10 heavy (non-hydrogen) atoms. The summed E-state index contributed by atoms with van der Waals surface area (Å²) in [5.74, 6) is -0.179. The highest BCUT2D eigenvalue weighted by Crippen LogP contribution is 1.85. The van der Waals surface area contributed by atoms with Crippen LogP contribution in [0.25, 0.3) is 0 Å². The summed E-state index contributed by atoms with van der Waals surface area (Å²) < 4.78 is 0. The molecule has 0 saturated carbocycles. The molecule has 58 valence electrons. The molecule has 0 heterocycles. The second-order valence-electron chi connectivity index (χ2n) is 1.72. The van der Waals surface area contributed by atoms with Crippen molar-refractivity contribution in [2.45, 2.75) is 6.92 Å². The molecule has 0 fully saturated rings. The van der Waals surface area contributed by atoms with Crippen molar-refractivity contribution >= 4 is 5.91 Å². The molecule has 0 radical (unpaired) electrons. The first kappa shape index (κ1) is 9.03. The third-order valence-electron chi connectivity index (χ3n) is 0.853. The summed E-state index contributed by atoms with van der Waals surface area (Å²) in [5.41, 5.74) is 0. The van der Waals surface area contributed by atoms with E-state index in [9.17, 15) is 4.79 Å². The second kappa shape index (κ2) is 4.87. The lowest BCUT2D eigenvalue weighted by molar-refractivity contribution is -0.128. The molecule has 1 amide bonds. The quantitative estimate of drug-likeness (QED) is 0.442. The smallest absolute Gasteiger partial charge is 0.240 e. The summed E-state index contributed by atoms with van der Waals surface area (Å²) >= 11 is 0. The lowest BCUT2D eigenvalue weighted by atomic mass is 10.7. The SMILES string of the molecule is CC(=O)N(C)N=NCCO. The molecular formula is C5H11N3O2. The van der Waals surface area contributed by atoms with Crippen molar-refractivity contribution in [3.63, 3.8) is 0 Å². The number of carbonyl (C=O) groups is 1. The number of carbonyl (C=O) groups excluding carboxylic acids is 1. The topological polar surface area (TPSA) is 65.3 Å². The van der Waals surface area contributed by atoms with Crippen LogP contribution in [-0.4, -0.2) is 36.2 Å². The van der Waals surface area contributed by atoms with Crippen molar-refractivity contribution in [2.75, 3.05) is 20.2 Å². The minimum absolute atomic E-state index is 0.0464. The number of amides is 1. The summed E-state index contributed by atoms with van der Waals surface area (Å²) in [6.07, 6.45) is 0. The van der Waals surface area contributed by atoms with Crippen molar-refractivity contribution in [3.05, 3.63) is 0 Å². The fourth-order valence-corrected chi connectivity index (χ4v) is 0.247. The number of hydrogen-bond acceptors (Lipinski definition) is 4. The first-order chi connectivity index (χ1) is 4.68. The molecule has 0 aliphatic rings. The van der Waals surface area contributed by atoms with Crippen molar-refractivity contribution in [1.82, 2.24) is 5.01 Å². The van der Waals surface area contributed by atoms with Crippen molar-refractivity contribution < 1.29 is 9.90 Å². The van der Waals surface area contributed by atoms with Gasteiger partial charge in [0.2, 0.25) is 5.91 Å². The highest BCUT2D eigenvalue weighted by atomic mass is 16.3. The Morgan fingerprint density at radius 3 is 2.70 bits per heavy atom. The summed E-state index contributed by atoms with van der Waals surface area (Å²) in [5, 5.41) is 16.3. The first-order valence-corrected chi connectivity index (χ1v) is 2.91. The molecule has 0 atom stereocenters. The van der Waals surface area contributed by atoms with Crippen LogP contribution in [0, 0.1) is 0 Å². The Balaban J connectivity index is 3.55. The standard InChI is InChI=1S/C5H11N3O2/c1-5(10)8(2)7-6-3-4-9/h9H,3-4H2,1-2H3. The van der Waals surface area contributed by atoms with Gasteiger partial charge in [-0.3, -0.25) is 4.79 Å². The Kier molecular flexibility index (Phi) is 4.39. The van der Waals surface area contributed by atoms with Crippen LogP contribution in [0.1, 0.15) is 6.92 Å². The lowest BCUT2D eigenvalue weighted by Crippen LogP contribution is -2.16. The zero-order chi connectivity index (χ0) is 7.98. The predicted octanol–water partition coefficient (Wildman–Crippen LogP) is -0.176. The Labute approximate surface area is 59.3 Å². The number of rotatable bonds is 3. The summed E-state index contributed by atoms with van der Waals surface area (Å²) in [6.45, 7) is 1.57. The normalized spacial score (nSPS) is 10.3. The van der Waals surface area contributed by atoms with Crippen LogP contribution in [0.3, 0.4) is 0 Å². The van der Waals surface area contributed by atoms with Gasteiger partial charge in [0.25, 0.3) is 0 Å². The van der Waals surface area contributed by atoms with Gasteiger partial charge in [0.1, 0.15) is 0 Å². The van der Waals surface area contributed by atoms with E-state index in [1.54, 1.807) is 0 Å². The average Bonchev–Trinajstić information content (AvgIpc) is 1.88. The highest BCUT2D eigenvalue weighted by molar-refractivity contribution is 5.72. The van der Waals surface area contributed by atoms with Crippen molar-refractivity contribution in [1.29, 1.82) is 0 Å². The van der Waals surface area contributed by atoms with Gasteiger partial charge in [-0.25, -0.2) is 5.01 Å². The van der Waals surface area contributed by atoms with Crippen molar-refractivity contribution in [2.24, 2.45) is 10.3 Å². The third-order valence-corrected chi connectivity index (χ3v) is 0.853. The van der Waals surface area contributed by atoms with Crippen LogP contribution in [0.15, 0.2) is 10.3 Å². The van der Waals surface area contributed by atoms with E-state index in [1.165, 1.54) is 14.0 Å². The number of aliphatic hydroxyl groups excluding tert-OH is 1. The molecule has 0 aromatic heterocycles. The molecule has 0 aromatic rings. The highest BCUT2D eigenvalue weighted by Gasteiger charge is 1.95. The molecule has 0 saturated heterocycles. The van der Waals surface area contributed by atoms with Gasteiger partial charge >= 0.3 is 0 Å². The predicted molar refractivity (Wildman–Crippen MR) is 35.3 cm³/mol. The molecule has 1 N–H and O–H groups in total. The van der Waals surface area contributed by atoms with Crippen LogP contribution in [0.4, 0.5) is 0 Å². The van der Waals surface area contributed by atoms with E-state index in [4.69, 9.17) is 5.11 Å².